The molecule has 0 amide bonds. The summed E-state index contributed by atoms with van der Waals surface area (Å²) in [7, 11) is 0. The second kappa shape index (κ2) is 7.88. The topological polar surface area (TPSA) is 26.3 Å². The molecule has 0 saturated carbocycles. The minimum absolute atomic E-state index is 0.0659. The first kappa shape index (κ1) is 19.3. The Morgan fingerprint density at radius 2 is 1.23 bits per heavy atom. The fourth-order valence-corrected chi connectivity index (χ4v) is 4.70. The maximum atomic E-state index is 13.1. The molecule has 0 bridgehead atoms. The fourth-order valence-electron chi connectivity index (χ4n) is 4.70. The van der Waals surface area contributed by atoms with Gasteiger partial charge in [-0.1, -0.05) is 84.9 Å². The van der Waals surface area contributed by atoms with Gasteiger partial charge in [0.2, 0.25) is 0 Å². The van der Waals surface area contributed by atoms with Gasteiger partial charge in [-0.05, 0) is 64.4 Å². The summed E-state index contributed by atoms with van der Waals surface area (Å²) in [6, 6.07) is 30.9. The van der Waals surface area contributed by atoms with Gasteiger partial charge < -0.3 is 4.74 Å². The molecule has 5 rings (SSSR count). The Bertz CT molecular complexity index is 1240. The third kappa shape index (κ3) is 3.34. The molecule has 0 heterocycles. The molecule has 4 aromatic carbocycles. The first-order chi connectivity index (χ1) is 15.1. The van der Waals surface area contributed by atoms with Crippen LogP contribution in [0.15, 0.2) is 91.0 Å². The Labute approximate surface area is 183 Å². The highest BCUT2D eigenvalue weighted by Crippen LogP contribution is 2.44. The highest BCUT2D eigenvalue weighted by Gasteiger charge is 2.29. The molecule has 0 fully saturated rings. The summed E-state index contributed by atoms with van der Waals surface area (Å²) in [5.74, 6) is -0.203. The molecule has 2 heteroatoms. The Morgan fingerprint density at radius 1 is 0.677 bits per heavy atom. The molecule has 1 aliphatic rings. The van der Waals surface area contributed by atoms with E-state index in [1.54, 1.807) is 0 Å². The van der Waals surface area contributed by atoms with Gasteiger partial charge in [0.25, 0.3) is 0 Å². The predicted octanol–water partition coefficient (Wildman–Crippen LogP) is 6.94. The summed E-state index contributed by atoms with van der Waals surface area (Å²) in [5.41, 5.74) is 9.90. The van der Waals surface area contributed by atoms with E-state index in [1.165, 1.54) is 27.8 Å². The molecule has 2 nitrogen and oxygen atoms in total. The van der Waals surface area contributed by atoms with Crippen molar-refractivity contribution >= 4 is 5.97 Å². The van der Waals surface area contributed by atoms with E-state index in [2.05, 4.69) is 73.7 Å². The van der Waals surface area contributed by atoms with E-state index in [0.29, 0.717) is 12.2 Å². The van der Waals surface area contributed by atoms with E-state index < -0.39 is 0 Å². The van der Waals surface area contributed by atoms with Crippen LogP contribution in [-0.2, 0) is 4.74 Å². The number of hydrogen-bond acceptors (Lipinski definition) is 2. The molecule has 1 aliphatic carbocycles. The van der Waals surface area contributed by atoms with Crippen molar-refractivity contribution in [2.75, 3.05) is 6.61 Å². The van der Waals surface area contributed by atoms with Gasteiger partial charge in [0.05, 0.1) is 5.56 Å². The lowest BCUT2D eigenvalue weighted by atomic mass is 9.93. The lowest BCUT2D eigenvalue weighted by molar-refractivity contribution is 0.0493. The number of hydrogen-bond donors (Lipinski definition) is 0. The summed E-state index contributed by atoms with van der Waals surface area (Å²) in [6.45, 7) is 4.42. The predicted molar refractivity (Wildman–Crippen MR) is 125 cm³/mol. The average molecular weight is 405 g/mol. The monoisotopic (exact) mass is 404 g/mol. The van der Waals surface area contributed by atoms with E-state index in [1.807, 2.05) is 31.2 Å². The number of esters is 1. The highest BCUT2D eigenvalue weighted by atomic mass is 16.5. The Morgan fingerprint density at radius 3 is 1.87 bits per heavy atom. The number of carbonyl (C=O) groups is 1. The quantitative estimate of drug-likeness (QED) is 0.344. The van der Waals surface area contributed by atoms with Crippen LogP contribution in [0.4, 0.5) is 0 Å². The number of aryl methyl sites for hydroxylation is 1. The lowest BCUT2D eigenvalue weighted by Gasteiger charge is -2.16. The molecule has 0 saturated heterocycles. The Kier molecular flexibility index (Phi) is 4.91. The van der Waals surface area contributed by atoms with E-state index in [4.69, 9.17) is 4.74 Å². The molecule has 152 valence electrons. The first-order valence-corrected chi connectivity index (χ1v) is 10.7. The summed E-state index contributed by atoms with van der Waals surface area (Å²) >= 11 is 0. The molecule has 0 aromatic heterocycles. The highest BCUT2D eigenvalue weighted by molar-refractivity contribution is 5.94. The first-order valence-electron chi connectivity index (χ1n) is 10.7. The number of benzene rings is 4. The zero-order chi connectivity index (χ0) is 21.4. The second-order valence-corrected chi connectivity index (χ2v) is 8.12. The van der Waals surface area contributed by atoms with Crippen molar-refractivity contribution in [3.8, 4) is 22.3 Å². The third-order valence-electron chi connectivity index (χ3n) is 6.33. The molecule has 0 atom stereocenters. The van der Waals surface area contributed by atoms with Gasteiger partial charge in [-0.3, -0.25) is 0 Å². The van der Waals surface area contributed by atoms with Crippen LogP contribution in [-0.4, -0.2) is 12.6 Å². The van der Waals surface area contributed by atoms with Gasteiger partial charge in [-0.25, -0.2) is 4.79 Å². The maximum Gasteiger partial charge on any atom is 0.338 e. The van der Waals surface area contributed by atoms with Crippen LogP contribution in [0.2, 0.25) is 0 Å². The van der Waals surface area contributed by atoms with Crippen LogP contribution in [0.5, 0.6) is 0 Å². The van der Waals surface area contributed by atoms with Crippen molar-refractivity contribution in [3.63, 3.8) is 0 Å². The van der Waals surface area contributed by atoms with Gasteiger partial charge >= 0.3 is 5.97 Å². The van der Waals surface area contributed by atoms with Gasteiger partial charge in [0.15, 0.2) is 0 Å². The zero-order valence-electron chi connectivity index (χ0n) is 17.8. The minimum atomic E-state index is -0.269. The minimum Gasteiger partial charge on any atom is -0.461 e. The summed E-state index contributed by atoms with van der Waals surface area (Å²) < 4.78 is 5.89. The van der Waals surface area contributed by atoms with Gasteiger partial charge in [-0.2, -0.15) is 0 Å². The van der Waals surface area contributed by atoms with E-state index in [0.717, 1.165) is 16.7 Å². The normalized spacial score (nSPS) is 12.3. The Hall–Kier alpha value is -3.65. The van der Waals surface area contributed by atoms with Gasteiger partial charge in [0.1, 0.15) is 6.61 Å². The molecule has 0 aliphatic heterocycles. The largest absolute Gasteiger partial charge is 0.461 e. The standard InChI is InChI=1S/C29H24O2/c1-19-10-3-4-11-21(19)22-16-9-17-23(20(22)2)29(30)31-18-28-26-14-7-5-12-24(26)25-13-6-8-15-27(25)28/h3-17,28H,18H2,1-2H3. The van der Waals surface area contributed by atoms with Crippen LogP contribution in [0.25, 0.3) is 22.3 Å². The third-order valence-corrected chi connectivity index (χ3v) is 6.33. The Balaban J connectivity index is 1.42. The van der Waals surface area contributed by atoms with Crippen LogP contribution >= 0.6 is 0 Å². The SMILES string of the molecule is Cc1ccccc1-c1cccc(C(=O)OCC2c3ccccc3-c3ccccc32)c1C. The van der Waals surface area contributed by atoms with Gasteiger partial charge in [-0.15, -0.1) is 0 Å². The lowest BCUT2D eigenvalue weighted by Crippen LogP contribution is -2.14. The van der Waals surface area contributed by atoms with E-state index in [9.17, 15) is 4.79 Å². The molecule has 31 heavy (non-hydrogen) atoms. The number of rotatable bonds is 4. The molecular weight excluding hydrogens is 380 g/mol. The van der Waals surface area contributed by atoms with E-state index >= 15 is 0 Å². The van der Waals surface area contributed by atoms with Crippen molar-refractivity contribution < 1.29 is 9.53 Å². The van der Waals surface area contributed by atoms with Crippen molar-refractivity contribution in [2.24, 2.45) is 0 Å². The van der Waals surface area contributed by atoms with Gasteiger partial charge in [0, 0.05) is 5.92 Å². The molecule has 0 spiro atoms. The zero-order valence-corrected chi connectivity index (χ0v) is 17.8. The smallest absolute Gasteiger partial charge is 0.338 e. The number of carbonyl (C=O) groups excluding carboxylic acids is 1. The van der Waals surface area contributed by atoms with E-state index in [-0.39, 0.29) is 11.9 Å². The van der Waals surface area contributed by atoms with Crippen molar-refractivity contribution in [3.05, 3.63) is 119 Å². The molecule has 0 radical (unpaired) electrons. The molecular formula is C29H24O2. The summed E-state index contributed by atoms with van der Waals surface area (Å²) in [6.07, 6.45) is 0. The molecule has 0 unspecified atom stereocenters. The summed E-state index contributed by atoms with van der Waals surface area (Å²) in [4.78, 5) is 13.1. The average Bonchev–Trinajstić information content (AvgIpc) is 3.12. The maximum absolute atomic E-state index is 13.1. The van der Waals surface area contributed by atoms with Crippen LogP contribution in [0.1, 0.15) is 38.5 Å². The van der Waals surface area contributed by atoms with Crippen LogP contribution in [0, 0.1) is 13.8 Å². The number of fused-ring (bicyclic) bond motifs is 3. The van der Waals surface area contributed by atoms with Crippen molar-refractivity contribution in [2.45, 2.75) is 19.8 Å². The second-order valence-electron chi connectivity index (χ2n) is 8.12. The fraction of sp³-hybridized carbons (Fsp3) is 0.138. The van der Waals surface area contributed by atoms with Crippen molar-refractivity contribution in [1.29, 1.82) is 0 Å². The number of ether oxygens (including phenoxy) is 1. The summed E-state index contributed by atoms with van der Waals surface area (Å²) in [5, 5.41) is 0. The van der Waals surface area contributed by atoms with Crippen molar-refractivity contribution in [1.82, 2.24) is 0 Å². The molecule has 4 aromatic rings. The molecule has 0 N–H and O–H groups in total. The van der Waals surface area contributed by atoms with Crippen LogP contribution < -0.4 is 0 Å². The van der Waals surface area contributed by atoms with Crippen LogP contribution in [0.3, 0.4) is 0 Å².